The lowest BCUT2D eigenvalue weighted by atomic mass is 9.90. The lowest BCUT2D eigenvalue weighted by Crippen LogP contribution is -2.48. The molecule has 0 bridgehead atoms. The Balaban J connectivity index is 2.04. The van der Waals surface area contributed by atoms with Crippen LogP contribution in [-0.4, -0.2) is 34.3 Å². The van der Waals surface area contributed by atoms with Gasteiger partial charge in [0.15, 0.2) is 5.78 Å². The normalized spacial score (nSPS) is 25.1. The van der Waals surface area contributed by atoms with Crippen LogP contribution < -0.4 is 0 Å². The van der Waals surface area contributed by atoms with Crippen molar-refractivity contribution >= 4 is 11.8 Å². The number of carbonyl (C=O) groups excluding carboxylic acids is 1. The minimum atomic E-state index is -0.994. The maximum Gasteiger partial charge on any atom is 0.314 e. The number of likely N-dealkylation sites (tertiary alicyclic amines) is 1. The van der Waals surface area contributed by atoms with E-state index < -0.39 is 11.9 Å². The minimum Gasteiger partial charge on any atom is -0.481 e. The smallest absolute Gasteiger partial charge is 0.314 e. The molecule has 0 radical (unpaired) electrons. The highest BCUT2D eigenvalue weighted by Gasteiger charge is 2.36. The maximum absolute atomic E-state index is 11.8. The third kappa shape index (κ3) is 2.76. The Kier molecular flexibility index (Phi) is 3.77. The van der Waals surface area contributed by atoms with Gasteiger partial charge in [0.25, 0.3) is 0 Å². The first-order valence-electron chi connectivity index (χ1n) is 6.11. The molecule has 2 atom stereocenters. The van der Waals surface area contributed by atoms with Gasteiger partial charge in [0.2, 0.25) is 0 Å². The van der Waals surface area contributed by atoms with E-state index in [1.807, 2.05) is 42.2 Å². The van der Waals surface area contributed by atoms with Crippen molar-refractivity contribution in [3.05, 3.63) is 35.9 Å². The molecule has 1 heterocycles. The maximum atomic E-state index is 11.8. The number of benzene rings is 1. The molecule has 1 N–H and O–H groups in total. The third-order valence-corrected chi connectivity index (χ3v) is 3.47. The molecule has 4 nitrogen and oxygen atoms in total. The quantitative estimate of drug-likeness (QED) is 0.823. The zero-order valence-corrected chi connectivity index (χ0v) is 10.4. The Morgan fingerprint density at radius 1 is 1.39 bits per heavy atom. The van der Waals surface area contributed by atoms with Crippen LogP contribution in [0.15, 0.2) is 30.3 Å². The van der Waals surface area contributed by atoms with Crippen LogP contribution in [0.5, 0.6) is 0 Å². The van der Waals surface area contributed by atoms with Crippen LogP contribution in [-0.2, 0) is 16.1 Å². The first-order chi connectivity index (χ1) is 8.58. The molecule has 0 saturated carbocycles. The second kappa shape index (κ2) is 5.31. The molecule has 2 rings (SSSR count). The first kappa shape index (κ1) is 12.8. The molecular formula is C14H17NO3. The average molecular weight is 247 g/mol. The van der Waals surface area contributed by atoms with Crippen molar-refractivity contribution in [3.8, 4) is 0 Å². The van der Waals surface area contributed by atoms with Crippen LogP contribution in [0.25, 0.3) is 0 Å². The zero-order chi connectivity index (χ0) is 13.1. The van der Waals surface area contributed by atoms with Gasteiger partial charge in [-0.05, 0) is 18.9 Å². The Hall–Kier alpha value is -1.68. The van der Waals surface area contributed by atoms with Crippen molar-refractivity contribution in [2.45, 2.75) is 25.9 Å². The molecule has 0 spiro atoms. The van der Waals surface area contributed by atoms with Gasteiger partial charge >= 0.3 is 5.97 Å². The number of carboxylic acid groups (broad SMARTS) is 1. The number of nitrogens with zero attached hydrogens (tertiary/aromatic N) is 1. The van der Waals surface area contributed by atoms with Crippen molar-refractivity contribution in [1.82, 2.24) is 4.90 Å². The summed E-state index contributed by atoms with van der Waals surface area (Å²) in [5.41, 5.74) is 1.14. The van der Waals surface area contributed by atoms with Gasteiger partial charge in [-0.2, -0.15) is 0 Å². The van der Waals surface area contributed by atoms with E-state index in [0.717, 1.165) is 5.56 Å². The standard InChI is InChI=1S/C14H17NO3/c1-10-7-12(14(17)18)13(16)9-15(10)8-11-5-3-2-4-6-11/h2-6,10,12H,7-9H2,1H3,(H,17,18). The minimum absolute atomic E-state index is 0.115. The first-order valence-corrected chi connectivity index (χ1v) is 6.11. The van der Waals surface area contributed by atoms with Gasteiger partial charge in [-0.1, -0.05) is 30.3 Å². The Morgan fingerprint density at radius 2 is 2.06 bits per heavy atom. The van der Waals surface area contributed by atoms with Crippen LogP contribution in [0.1, 0.15) is 18.9 Å². The second-order valence-corrected chi connectivity index (χ2v) is 4.83. The van der Waals surface area contributed by atoms with Crippen LogP contribution in [0.4, 0.5) is 0 Å². The van der Waals surface area contributed by atoms with Crippen LogP contribution >= 0.6 is 0 Å². The Morgan fingerprint density at radius 3 is 2.67 bits per heavy atom. The third-order valence-electron chi connectivity index (χ3n) is 3.47. The number of carbonyl (C=O) groups is 2. The van der Waals surface area contributed by atoms with Crippen molar-refractivity contribution in [2.24, 2.45) is 5.92 Å². The summed E-state index contributed by atoms with van der Waals surface area (Å²) in [7, 11) is 0. The van der Waals surface area contributed by atoms with Gasteiger partial charge < -0.3 is 5.11 Å². The van der Waals surface area contributed by atoms with E-state index >= 15 is 0 Å². The summed E-state index contributed by atoms with van der Waals surface area (Å²) in [6.45, 7) is 2.90. The van der Waals surface area contributed by atoms with Crippen LogP contribution in [0, 0.1) is 5.92 Å². The van der Waals surface area contributed by atoms with Gasteiger partial charge in [-0.25, -0.2) is 0 Å². The zero-order valence-electron chi connectivity index (χ0n) is 10.4. The summed E-state index contributed by atoms with van der Waals surface area (Å²) < 4.78 is 0. The SMILES string of the molecule is CC1CC(C(=O)O)C(=O)CN1Cc1ccccc1. The average Bonchev–Trinajstić information content (AvgIpc) is 2.34. The van der Waals surface area contributed by atoms with Gasteiger partial charge in [0.1, 0.15) is 5.92 Å². The van der Waals surface area contributed by atoms with E-state index in [1.165, 1.54) is 0 Å². The molecular weight excluding hydrogens is 230 g/mol. The number of ketones is 1. The highest BCUT2D eigenvalue weighted by Crippen LogP contribution is 2.22. The summed E-state index contributed by atoms with van der Waals surface area (Å²) >= 11 is 0. The molecule has 0 aliphatic carbocycles. The number of hydrogen-bond donors (Lipinski definition) is 1. The summed E-state index contributed by atoms with van der Waals surface area (Å²) in [6.07, 6.45) is 0.404. The second-order valence-electron chi connectivity index (χ2n) is 4.83. The molecule has 1 aliphatic rings. The van der Waals surface area contributed by atoms with E-state index in [2.05, 4.69) is 0 Å². The predicted molar refractivity (Wildman–Crippen MR) is 67.1 cm³/mol. The molecule has 1 aliphatic heterocycles. The largest absolute Gasteiger partial charge is 0.481 e. The molecule has 0 aromatic heterocycles. The van der Waals surface area contributed by atoms with Crippen molar-refractivity contribution < 1.29 is 14.7 Å². The van der Waals surface area contributed by atoms with E-state index in [4.69, 9.17) is 5.11 Å². The highest BCUT2D eigenvalue weighted by atomic mass is 16.4. The lowest BCUT2D eigenvalue weighted by molar-refractivity contribution is -0.150. The van der Waals surface area contributed by atoms with Crippen molar-refractivity contribution in [2.75, 3.05) is 6.54 Å². The summed E-state index contributed by atoms with van der Waals surface area (Å²) in [4.78, 5) is 24.7. The van der Waals surface area contributed by atoms with Crippen LogP contribution in [0.3, 0.4) is 0 Å². The van der Waals surface area contributed by atoms with Crippen molar-refractivity contribution in [3.63, 3.8) is 0 Å². The van der Waals surface area contributed by atoms with E-state index in [1.54, 1.807) is 0 Å². The molecule has 2 unspecified atom stereocenters. The molecule has 4 heteroatoms. The molecule has 96 valence electrons. The molecule has 1 aromatic carbocycles. The number of carboxylic acids is 1. The number of aliphatic carboxylic acids is 1. The van der Waals surface area contributed by atoms with E-state index in [0.29, 0.717) is 13.0 Å². The van der Waals surface area contributed by atoms with Gasteiger partial charge in [0, 0.05) is 12.6 Å². The fourth-order valence-corrected chi connectivity index (χ4v) is 2.36. The molecule has 1 fully saturated rings. The van der Waals surface area contributed by atoms with Crippen LogP contribution in [0.2, 0.25) is 0 Å². The number of hydrogen-bond acceptors (Lipinski definition) is 3. The van der Waals surface area contributed by atoms with E-state index in [9.17, 15) is 9.59 Å². The van der Waals surface area contributed by atoms with E-state index in [-0.39, 0.29) is 18.4 Å². The Labute approximate surface area is 106 Å². The van der Waals surface area contributed by atoms with Crippen molar-refractivity contribution in [1.29, 1.82) is 0 Å². The topological polar surface area (TPSA) is 57.6 Å². The molecule has 0 amide bonds. The van der Waals surface area contributed by atoms with Gasteiger partial charge in [-0.15, -0.1) is 0 Å². The fourth-order valence-electron chi connectivity index (χ4n) is 2.36. The highest BCUT2D eigenvalue weighted by molar-refractivity contribution is 5.99. The monoisotopic (exact) mass is 247 g/mol. The number of piperidine rings is 1. The van der Waals surface area contributed by atoms with Gasteiger partial charge in [0.05, 0.1) is 6.54 Å². The van der Waals surface area contributed by atoms with Gasteiger partial charge in [-0.3, -0.25) is 14.5 Å². The predicted octanol–water partition coefficient (Wildman–Crippen LogP) is 1.55. The number of Topliss-reactive ketones (excluding diaryl/α,β-unsaturated/α-hetero) is 1. The lowest BCUT2D eigenvalue weighted by Gasteiger charge is -2.35. The summed E-state index contributed by atoms with van der Waals surface area (Å²) in [5.74, 6) is -2.00. The number of rotatable bonds is 3. The summed E-state index contributed by atoms with van der Waals surface area (Å²) in [5, 5.41) is 8.96. The molecule has 1 aromatic rings. The fraction of sp³-hybridized carbons (Fsp3) is 0.429. The molecule has 1 saturated heterocycles. The Bertz CT molecular complexity index is 444. The summed E-state index contributed by atoms with van der Waals surface area (Å²) in [6, 6.07) is 10.0. The molecule has 18 heavy (non-hydrogen) atoms.